The highest BCUT2D eigenvalue weighted by Gasteiger charge is 2.34. The molecule has 3 nitrogen and oxygen atoms in total. The van der Waals surface area contributed by atoms with E-state index in [1.807, 2.05) is 11.4 Å². The molecule has 1 aromatic heterocycles. The fraction of sp³-hybridized carbons (Fsp3) is 0.583. The summed E-state index contributed by atoms with van der Waals surface area (Å²) in [5.74, 6) is 0.880. The van der Waals surface area contributed by atoms with Gasteiger partial charge in [0.1, 0.15) is 10.6 Å². The summed E-state index contributed by atoms with van der Waals surface area (Å²) >= 11 is 1.45. The number of Topliss-reactive ketones (excluding diaryl/α,β-unsaturated/α-hetero) is 1. The van der Waals surface area contributed by atoms with E-state index in [1.54, 1.807) is 7.11 Å². The fourth-order valence-corrected chi connectivity index (χ4v) is 3.02. The summed E-state index contributed by atoms with van der Waals surface area (Å²) in [6, 6.07) is 1.84. The zero-order valence-corrected chi connectivity index (χ0v) is 10.4. The van der Waals surface area contributed by atoms with E-state index in [4.69, 9.17) is 9.47 Å². The molecule has 2 heterocycles. The third kappa shape index (κ3) is 1.99. The van der Waals surface area contributed by atoms with Gasteiger partial charge in [-0.2, -0.15) is 0 Å². The molecule has 0 radical (unpaired) electrons. The van der Waals surface area contributed by atoms with Crippen molar-refractivity contribution in [2.45, 2.75) is 25.9 Å². The van der Waals surface area contributed by atoms with E-state index in [2.05, 4.69) is 6.92 Å². The Hall–Kier alpha value is -0.870. The van der Waals surface area contributed by atoms with E-state index in [1.165, 1.54) is 11.3 Å². The molecule has 1 aliphatic heterocycles. The molecule has 2 unspecified atom stereocenters. The minimum absolute atomic E-state index is 0.0116. The van der Waals surface area contributed by atoms with Gasteiger partial charge in [-0.1, -0.05) is 6.92 Å². The van der Waals surface area contributed by atoms with E-state index < -0.39 is 0 Å². The summed E-state index contributed by atoms with van der Waals surface area (Å²) in [7, 11) is 1.60. The SMILES string of the molecule is CCC1OCCC1C(=O)c1sccc1OC. The Morgan fingerprint density at radius 3 is 3.19 bits per heavy atom. The average molecular weight is 240 g/mol. The van der Waals surface area contributed by atoms with Gasteiger partial charge in [0.2, 0.25) is 0 Å². The third-order valence-corrected chi connectivity index (χ3v) is 3.93. The van der Waals surface area contributed by atoms with Gasteiger partial charge in [0.05, 0.1) is 19.1 Å². The molecule has 0 N–H and O–H groups in total. The molecule has 0 amide bonds. The number of rotatable bonds is 4. The first-order chi connectivity index (χ1) is 7.77. The molecule has 4 heteroatoms. The van der Waals surface area contributed by atoms with Crippen LogP contribution in [0.2, 0.25) is 0 Å². The Morgan fingerprint density at radius 2 is 2.50 bits per heavy atom. The molecule has 1 fully saturated rings. The molecule has 1 aromatic rings. The summed E-state index contributed by atoms with van der Waals surface area (Å²) in [5, 5.41) is 1.89. The second-order valence-corrected chi connectivity index (χ2v) is 4.81. The van der Waals surface area contributed by atoms with Crippen molar-refractivity contribution in [2.75, 3.05) is 13.7 Å². The predicted octanol–water partition coefficient (Wildman–Crippen LogP) is 2.75. The molecule has 0 aliphatic carbocycles. The van der Waals surface area contributed by atoms with Gasteiger partial charge in [-0.05, 0) is 24.3 Å². The Balaban J connectivity index is 2.18. The topological polar surface area (TPSA) is 35.5 Å². The maximum Gasteiger partial charge on any atom is 0.182 e. The van der Waals surface area contributed by atoms with E-state index in [9.17, 15) is 4.79 Å². The number of thiophene rings is 1. The van der Waals surface area contributed by atoms with Crippen molar-refractivity contribution in [3.63, 3.8) is 0 Å². The van der Waals surface area contributed by atoms with Gasteiger partial charge >= 0.3 is 0 Å². The van der Waals surface area contributed by atoms with Crippen LogP contribution in [0, 0.1) is 5.92 Å². The molecular formula is C12H16O3S. The van der Waals surface area contributed by atoms with Crippen LogP contribution in [0.5, 0.6) is 5.75 Å². The first kappa shape index (κ1) is 11.6. The summed E-state index contributed by atoms with van der Waals surface area (Å²) in [4.78, 5) is 13.0. The Kier molecular flexibility index (Phi) is 3.61. The molecule has 0 bridgehead atoms. The lowest BCUT2D eigenvalue weighted by Crippen LogP contribution is -2.23. The molecule has 88 valence electrons. The highest BCUT2D eigenvalue weighted by Crippen LogP contribution is 2.33. The number of carbonyl (C=O) groups excluding carboxylic acids is 1. The van der Waals surface area contributed by atoms with Crippen LogP contribution in [0.4, 0.5) is 0 Å². The van der Waals surface area contributed by atoms with Crippen molar-refractivity contribution < 1.29 is 14.3 Å². The minimum Gasteiger partial charge on any atom is -0.495 e. The first-order valence-electron chi connectivity index (χ1n) is 5.55. The van der Waals surface area contributed by atoms with Crippen molar-refractivity contribution in [1.82, 2.24) is 0 Å². The summed E-state index contributed by atoms with van der Waals surface area (Å²) in [6.45, 7) is 2.75. The third-order valence-electron chi connectivity index (χ3n) is 3.02. The molecule has 0 aromatic carbocycles. The number of methoxy groups -OCH3 is 1. The maximum atomic E-state index is 12.3. The quantitative estimate of drug-likeness (QED) is 0.759. The van der Waals surface area contributed by atoms with Gasteiger partial charge in [-0.15, -0.1) is 11.3 Å². The standard InChI is InChI=1S/C12H16O3S/c1-3-9-8(4-6-15-9)11(13)12-10(14-2)5-7-16-12/h5,7-9H,3-4,6H2,1-2H3. The summed E-state index contributed by atoms with van der Waals surface area (Å²) < 4.78 is 10.7. The molecule has 2 atom stereocenters. The van der Waals surface area contributed by atoms with Gasteiger partial charge in [0.15, 0.2) is 5.78 Å². The zero-order valence-electron chi connectivity index (χ0n) is 9.56. The van der Waals surface area contributed by atoms with E-state index in [-0.39, 0.29) is 17.8 Å². The highest BCUT2D eigenvalue weighted by molar-refractivity contribution is 7.12. The minimum atomic E-state index is 0.0116. The van der Waals surface area contributed by atoms with Crippen LogP contribution in [-0.4, -0.2) is 25.6 Å². The van der Waals surface area contributed by atoms with Crippen LogP contribution in [0.15, 0.2) is 11.4 Å². The Labute approximate surface area is 99.4 Å². The molecule has 16 heavy (non-hydrogen) atoms. The van der Waals surface area contributed by atoms with Gasteiger partial charge < -0.3 is 9.47 Å². The predicted molar refractivity (Wildman–Crippen MR) is 63.3 cm³/mol. The van der Waals surface area contributed by atoms with Crippen LogP contribution < -0.4 is 4.74 Å². The van der Waals surface area contributed by atoms with Crippen LogP contribution in [0.3, 0.4) is 0 Å². The molecule has 1 aliphatic rings. The molecule has 2 rings (SSSR count). The lowest BCUT2D eigenvalue weighted by Gasteiger charge is -2.15. The van der Waals surface area contributed by atoms with Gasteiger partial charge in [-0.3, -0.25) is 4.79 Å². The van der Waals surface area contributed by atoms with Crippen molar-refractivity contribution in [2.24, 2.45) is 5.92 Å². The highest BCUT2D eigenvalue weighted by atomic mass is 32.1. The number of carbonyl (C=O) groups is 1. The maximum absolute atomic E-state index is 12.3. The van der Waals surface area contributed by atoms with Crippen LogP contribution in [0.25, 0.3) is 0 Å². The number of hydrogen-bond donors (Lipinski definition) is 0. The van der Waals surface area contributed by atoms with Crippen molar-refractivity contribution in [3.05, 3.63) is 16.3 Å². The van der Waals surface area contributed by atoms with Crippen molar-refractivity contribution in [3.8, 4) is 5.75 Å². The number of ether oxygens (including phenoxy) is 2. The number of hydrogen-bond acceptors (Lipinski definition) is 4. The van der Waals surface area contributed by atoms with E-state index in [0.717, 1.165) is 17.7 Å². The zero-order chi connectivity index (χ0) is 11.5. The van der Waals surface area contributed by atoms with Crippen LogP contribution >= 0.6 is 11.3 Å². The normalized spacial score (nSPS) is 24.6. The van der Waals surface area contributed by atoms with Crippen molar-refractivity contribution >= 4 is 17.1 Å². The summed E-state index contributed by atoms with van der Waals surface area (Å²) in [6.07, 6.45) is 1.81. The molecule has 0 spiro atoms. The largest absolute Gasteiger partial charge is 0.495 e. The molecule has 1 saturated heterocycles. The summed E-state index contributed by atoms with van der Waals surface area (Å²) in [5.41, 5.74) is 0. The van der Waals surface area contributed by atoms with Crippen LogP contribution in [-0.2, 0) is 4.74 Å². The Morgan fingerprint density at radius 1 is 1.69 bits per heavy atom. The van der Waals surface area contributed by atoms with E-state index >= 15 is 0 Å². The van der Waals surface area contributed by atoms with E-state index in [0.29, 0.717) is 12.4 Å². The second-order valence-electron chi connectivity index (χ2n) is 3.90. The molecule has 0 saturated carbocycles. The van der Waals surface area contributed by atoms with Gasteiger partial charge in [-0.25, -0.2) is 0 Å². The smallest absolute Gasteiger partial charge is 0.182 e. The first-order valence-corrected chi connectivity index (χ1v) is 6.43. The average Bonchev–Trinajstić information content (AvgIpc) is 2.96. The van der Waals surface area contributed by atoms with Crippen molar-refractivity contribution in [1.29, 1.82) is 0 Å². The lowest BCUT2D eigenvalue weighted by atomic mass is 9.94. The Bertz CT molecular complexity index is 372. The monoisotopic (exact) mass is 240 g/mol. The second kappa shape index (κ2) is 4.97. The van der Waals surface area contributed by atoms with Gasteiger partial charge in [0.25, 0.3) is 0 Å². The van der Waals surface area contributed by atoms with Crippen LogP contribution in [0.1, 0.15) is 29.4 Å². The molecular weight excluding hydrogens is 224 g/mol. The fourth-order valence-electron chi connectivity index (χ4n) is 2.16. The lowest BCUT2D eigenvalue weighted by molar-refractivity contribution is 0.0690. The number of ketones is 1. The van der Waals surface area contributed by atoms with Gasteiger partial charge in [0, 0.05) is 6.61 Å².